The van der Waals surface area contributed by atoms with Crippen LogP contribution in [-0.4, -0.2) is 6.98 Å². The molecule has 0 N–H and O–H groups in total. The van der Waals surface area contributed by atoms with E-state index in [1.165, 1.54) is 0 Å². The van der Waals surface area contributed by atoms with Gasteiger partial charge in [-0.15, -0.1) is 10.1 Å². The summed E-state index contributed by atoms with van der Waals surface area (Å²) in [5, 5.41) is 6.37. The third-order valence-corrected chi connectivity index (χ3v) is 1.10. The quantitative estimate of drug-likeness (QED) is 0.251. The van der Waals surface area contributed by atoms with E-state index >= 15 is 0 Å². The van der Waals surface area contributed by atoms with Crippen LogP contribution in [0.1, 0.15) is 20.8 Å². The lowest BCUT2D eigenvalue weighted by Crippen LogP contribution is -2.19. The molecule has 58 valence electrons. The van der Waals surface area contributed by atoms with Gasteiger partial charge in [0.05, 0.1) is 0 Å². The maximum atomic E-state index is 8.10. The Labute approximate surface area is 65.0 Å². The third-order valence-electron chi connectivity index (χ3n) is 1.10. The van der Waals surface area contributed by atoms with Gasteiger partial charge in [0.15, 0.2) is 0 Å². The van der Waals surface area contributed by atoms with Gasteiger partial charge >= 0.3 is 6.98 Å². The van der Waals surface area contributed by atoms with Crippen molar-refractivity contribution in [2.75, 3.05) is 0 Å². The molecule has 0 aromatic heterocycles. The first-order chi connectivity index (χ1) is 5.02. The van der Waals surface area contributed by atoms with Crippen molar-refractivity contribution >= 4 is 6.98 Å². The molecule has 0 bridgehead atoms. The van der Waals surface area contributed by atoms with E-state index in [0.29, 0.717) is 0 Å². The highest BCUT2D eigenvalue weighted by Crippen LogP contribution is 2.28. The van der Waals surface area contributed by atoms with Gasteiger partial charge in [-0.2, -0.15) is 0 Å². The second-order valence-corrected chi connectivity index (χ2v) is 3.15. The lowest BCUT2D eigenvalue weighted by molar-refractivity contribution is 0.731. The monoisotopic (exact) mass is 152 g/mol. The van der Waals surface area contributed by atoms with Crippen LogP contribution in [0, 0.1) is 0 Å². The maximum absolute atomic E-state index is 8.10. The molecule has 0 radical (unpaired) electrons. The highest BCUT2D eigenvalue weighted by atomic mass is 15.2. The Morgan fingerprint density at radius 3 is 1.64 bits per heavy atom. The van der Waals surface area contributed by atoms with Gasteiger partial charge < -0.3 is 0 Å². The first-order valence-electron chi connectivity index (χ1n) is 3.11. The Morgan fingerprint density at radius 2 is 1.45 bits per heavy atom. The molecule has 0 fully saturated rings. The van der Waals surface area contributed by atoms with Crippen LogP contribution in [0.4, 0.5) is 0 Å². The van der Waals surface area contributed by atoms with E-state index in [4.69, 9.17) is 11.1 Å². The number of hydrogen-bond acceptors (Lipinski definition) is 2. The minimum Gasteiger partial charge on any atom is -0.140 e. The van der Waals surface area contributed by atoms with E-state index in [1.807, 2.05) is 20.8 Å². The second kappa shape index (κ2) is 3.76. The summed E-state index contributed by atoms with van der Waals surface area (Å²) in [6.45, 7) is 4.85. The van der Waals surface area contributed by atoms with Crippen molar-refractivity contribution in [3.8, 4) is 0 Å². The van der Waals surface area contributed by atoms with Crippen molar-refractivity contribution in [3.63, 3.8) is 0 Å². The van der Waals surface area contributed by atoms with Crippen molar-refractivity contribution in [2.45, 2.75) is 26.1 Å². The molecule has 0 saturated heterocycles. The fraction of sp³-hybridized carbons (Fsp3) is 1.00. The summed E-state index contributed by atoms with van der Waals surface area (Å²) in [7, 11) is 0. The Bertz CT molecular complexity index is 199. The molecule has 0 aromatic rings. The largest absolute Gasteiger partial charge is 0.348 e. The molecular formula is C4H9BN6. The zero-order valence-corrected chi connectivity index (χ0v) is 6.76. The SMILES string of the molecule is CC(C)(C)B(N=[N+]=[N-])N=[N+]=[N-]. The molecule has 0 atom stereocenters. The van der Waals surface area contributed by atoms with Gasteiger partial charge in [-0.3, -0.25) is 0 Å². The van der Waals surface area contributed by atoms with Gasteiger partial charge in [0, 0.05) is 0 Å². The number of hydrogen-bond donors (Lipinski definition) is 0. The van der Waals surface area contributed by atoms with Crippen molar-refractivity contribution < 1.29 is 0 Å². The molecular weight excluding hydrogens is 143 g/mol. The fourth-order valence-electron chi connectivity index (χ4n) is 0.467. The lowest BCUT2D eigenvalue weighted by atomic mass is 9.55. The summed E-state index contributed by atoms with van der Waals surface area (Å²) < 4.78 is 0. The molecule has 7 heteroatoms. The van der Waals surface area contributed by atoms with Crippen LogP contribution in [0.5, 0.6) is 0 Å². The fourth-order valence-corrected chi connectivity index (χ4v) is 0.467. The van der Waals surface area contributed by atoms with Crippen molar-refractivity contribution in [3.05, 3.63) is 20.9 Å². The summed E-state index contributed by atoms with van der Waals surface area (Å²) in [6, 6.07) is 0. The highest BCUT2D eigenvalue weighted by Gasteiger charge is 2.26. The Balaban J connectivity index is 4.60. The van der Waals surface area contributed by atoms with E-state index < -0.39 is 6.98 Å². The molecule has 0 aliphatic carbocycles. The first kappa shape index (κ1) is 9.68. The van der Waals surface area contributed by atoms with E-state index in [-0.39, 0.29) is 5.31 Å². The molecule has 0 unspecified atom stereocenters. The average molecular weight is 152 g/mol. The number of nitrogens with zero attached hydrogens (tertiary/aromatic N) is 6. The molecule has 0 aromatic carbocycles. The van der Waals surface area contributed by atoms with Crippen LogP contribution in [0.15, 0.2) is 10.1 Å². The molecule has 11 heavy (non-hydrogen) atoms. The predicted molar refractivity (Wildman–Crippen MR) is 43.8 cm³/mol. The van der Waals surface area contributed by atoms with Gasteiger partial charge in [-0.05, 0) is 26.2 Å². The molecule has 0 heterocycles. The zero-order valence-electron chi connectivity index (χ0n) is 6.76. The van der Waals surface area contributed by atoms with Gasteiger partial charge in [0.1, 0.15) is 0 Å². The van der Waals surface area contributed by atoms with Crippen LogP contribution in [-0.2, 0) is 0 Å². The van der Waals surface area contributed by atoms with Crippen LogP contribution in [0.3, 0.4) is 0 Å². The molecule has 0 spiro atoms. The third kappa shape index (κ3) is 3.40. The molecule has 0 aliphatic rings. The van der Waals surface area contributed by atoms with E-state index in [9.17, 15) is 0 Å². The summed E-state index contributed by atoms with van der Waals surface area (Å²) in [5.41, 5.74) is 16.2. The van der Waals surface area contributed by atoms with E-state index in [0.717, 1.165) is 0 Å². The van der Waals surface area contributed by atoms with Crippen molar-refractivity contribution in [1.82, 2.24) is 0 Å². The average Bonchev–Trinajstić information content (AvgIpc) is 1.85. The Kier molecular flexibility index (Phi) is 3.31. The minimum absolute atomic E-state index is 0.321. The van der Waals surface area contributed by atoms with Gasteiger partial charge in [-0.1, -0.05) is 20.8 Å². The minimum atomic E-state index is -0.655. The van der Waals surface area contributed by atoms with Crippen LogP contribution in [0.25, 0.3) is 20.9 Å². The van der Waals surface area contributed by atoms with Gasteiger partial charge in [-0.25, -0.2) is 0 Å². The predicted octanol–water partition coefficient (Wildman–Crippen LogP) is 2.90. The zero-order chi connectivity index (χ0) is 8.91. The molecule has 0 amide bonds. The summed E-state index contributed by atoms with van der Waals surface area (Å²) in [6.07, 6.45) is 0. The smallest absolute Gasteiger partial charge is 0.140 e. The first-order valence-corrected chi connectivity index (χ1v) is 3.11. The van der Waals surface area contributed by atoms with E-state index in [1.54, 1.807) is 0 Å². The lowest BCUT2D eigenvalue weighted by Gasteiger charge is -2.18. The Morgan fingerprint density at radius 1 is 1.09 bits per heavy atom. The van der Waals surface area contributed by atoms with Gasteiger partial charge in [0.2, 0.25) is 0 Å². The van der Waals surface area contributed by atoms with Gasteiger partial charge in [0.25, 0.3) is 0 Å². The normalized spacial score (nSPS) is 9.36. The molecule has 6 nitrogen and oxygen atoms in total. The Hall–Kier alpha value is -1.32. The van der Waals surface area contributed by atoms with Crippen LogP contribution in [0.2, 0.25) is 5.31 Å². The number of rotatable bonds is 2. The molecule has 0 aliphatic heterocycles. The molecule has 0 saturated carbocycles. The molecule has 0 rings (SSSR count). The van der Waals surface area contributed by atoms with Crippen molar-refractivity contribution in [2.24, 2.45) is 10.1 Å². The highest BCUT2D eigenvalue weighted by molar-refractivity contribution is 6.58. The summed E-state index contributed by atoms with van der Waals surface area (Å²) >= 11 is 0. The van der Waals surface area contributed by atoms with E-state index in [2.05, 4.69) is 19.9 Å². The topological polar surface area (TPSA) is 97.5 Å². The summed E-state index contributed by atoms with van der Waals surface area (Å²) in [4.78, 5) is 5.16. The van der Waals surface area contributed by atoms with Crippen LogP contribution < -0.4 is 0 Å². The standard InChI is InChI=1S/C4H9BN6/c1-4(2,3)5(8-10-6)9-11-7/h1-3H3. The maximum Gasteiger partial charge on any atom is 0.348 e. The summed E-state index contributed by atoms with van der Waals surface area (Å²) in [5.74, 6) is 0. The van der Waals surface area contributed by atoms with Crippen LogP contribution >= 0.6 is 0 Å². The second-order valence-electron chi connectivity index (χ2n) is 3.15. The number of azide groups is 1. The van der Waals surface area contributed by atoms with Crippen molar-refractivity contribution in [1.29, 1.82) is 0 Å².